The minimum Gasteiger partial charge on any atom is -0.355 e. The van der Waals surface area contributed by atoms with Gasteiger partial charge in [-0.15, -0.1) is 0 Å². The van der Waals surface area contributed by atoms with Gasteiger partial charge in [-0.3, -0.25) is 10.0 Å². The van der Waals surface area contributed by atoms with Crippen LogP contribution >= 0.6 is 0 Å². The van der Waals surface area contributed by atoms with Gasteiger partial charge in [-0.05, 0) is 25.0 Å². The van der Waals surface area contributed by atoms with Crippen molar-refractivity contribution in [1.29, 1.82) is 0 Å². The van der Waals surface area contributed by atoms with Crippen molar-refractivity contribution in [3.8, 4) is 0 Å². The fraction of sp³-hybridized carbons (Fsp3) is 0.231. The molecule has 0 bridgehead atoms. The summed E-state index contributed by atoms with van der Waals surface area (Å²) in [5, 5.41) is 11.5. The van der Waals surface area contributed by atoms with Gasteiger partial charge in [-0.2, -0.15) is 0 Å². The number of aromatic nitrogens is 3. The molecule has 0 spiro atoms. The van der Waals surface area contributed by atoms with Crippen LogP contribution < -0.4 is 10.8 Å². The maximum Gasteiger partial charge on any atom is 0.276 e. The number of rotatable bonds is 4. The molecule has 21 heavy (non-hydrogen) atoms. The fourth-order valence-electron chi connectivity index (χ4n) is 2.02. The highest BCUT2D eigenvalue weighted by Gasteiger charge is 2.47. The van der Waals surface area contributed by atoms with Crippen LogP contribution in [0.1, 0.15) is 29.0 Å². The summed E-state index contributed by atoms with van der Waals surface area (Å²) in [5.41, 5.74) is 0.856. The quantitative estimate of drug-likeness (QED) is 0.578. The number of pyridine rings is 1. The van der Waals surface area contributed by atoms with Crippen LogP contribution in [0.4, 0.5) is 10.2 Å². The normalized spacial score (nSPS) is 15.3. The fourth-order valence-corrected chi connectivity index (χ4v) is 2.02. The summed E-state index contributed by atoms with van der Waals surface area (Å²) in [6.45, 7) is 0. The molecule has 0 saturated heterocycles. The lowest BCUT2D eigenvalue weighted by atomic mass is 10.2. The molecule has 0 atom stereocenters. The zero-order valence-electron chi connectivity index (χ0n) is 10.9. The summed E-state index contributed by atoms with van der Waals surface area (Å²) in [5.74, 6) is -0.892. The highest BCUT2D eigenvalue weighted by Crippen LogP contribution is 2.46. The number of anilines is 1. The number of nitrogens with one attached hydrogen (secondary N) is 2. The van der Waals surface area contributed by atoms with Gasteiger partial charge < -0.3 is 5.32 Å². The number of hydroxylamine groups is 1. The molecular formula is C13H12FN5O2. The molecule has 2 heterocycles. The second-order valence-electron chi connectivity index (χ2n) is 4.77. The van der Waals surface area contributed by atoms with E-state index in [1.807, 2.05) is 0 Å². The lowest BCUT2D eigenvalue weighted by Crippen LogP contribution is -2.24. The predicted molar refractivity (Wildman–Crippen MR) is 70.0 cm³/mol. The first-order chi connectivity index (χ1) is 10.1. The van der Waals surface area contributed by atoms with Gasteiger partial charge in [0.25, 0.3) is 5.91 Å². The van der Waals surface area contributed by atoms with Crippen molar-refractivity contribution < 1.29 is 14.4 Å². The maximum atomic E-state index is 14.0. The number of hydrogen-bond acceptors (Lipinski definition) is 6. The van der Waals surface area contributed by atoms with Gasteiger partial charge in [0, 0.05) is 18.6 Å². The van der Waals surface area contributed by atoms with E-state index in [0.717, 1.165) is 18.9 Å². The molecule has 3 N–H and O–H groups in total. The van der Waals surface area contributed by atoms with Crippen LogP contribution in [0.25, 0.3) is 0 Å². The Hall–Kier alpha value is -2.61. The topological polar surface area (TPSA) is 100 Å². The average molecular weight is 289 g/mol. The number of carbonyl (C=O) groups is 1. The Balaban J connectivity index is 1.84. The van der Waals surface area contributed by atoms with E-state index in [2.05, 4.69) is 20.3 Å². The van der Waals surface area contributed by atoms with Crippen molar-refractivity contribution in [3.63, 3.8) is 0 Å². The number of nitrogens with zero attached hydrogens (tertiary/aromatic N) is 3. The minimum absolute atomic E-state index is 0.0226. The van der Waals surface area contributed by atoms with E-state index in [4.69, 9.17) is 5.21 Å². The average Bonchev–Trinajstić information content (AvgIpc) is 3.30. The second-order valence-corrected chi connectivity index (χ2v) is 4.77. The van der Waals surface area contributed by atoms with Gasteiger partial charge >= 0.3 is 0 Å². The molecule has 0 aliphatic heterocycles. The first-order valence-corrected chi connectivity index (χ1v) is 6.30. The zero-order chi connectivity index (χ0) is 14.9. The van der Waals surface area contributed by atoms with Crippen LogP contribution in [0.5, 0.6) is 0 Å². The number of hydrogen-bond donors (Lipinski definition) is 3. The molecule has 7 nitrogen and oxygen atoms in total. The molecule has 2 aromatic rings. The lowest BCUT2D eigenvalue weighted by Gasteiger charge is -2.16. The van der Waals surface area contributed by atoms with Gasteiger partial charge in [-0.1, -0.05) is 0 Å². The molecule has 0 aromatic carbocycles. The molecule has 1 saturated carbocycles. The number of amides is 1. The smallest absolute Gasteiger partial charge is 0.276 e. The Bertz CT molecular complexity index is 676. The van der Waals surface area contributed by atoms with E-state index in [9.17, 15) is 9.18 Å². The van der Waals surface area contributed by atoms with Crippen molar-refractivity contribution in [3.05, 3.63) is 47.9 Å². The lowest BCUT2D eigenvalue weighted by molar-refractivity contribution is 0.0705. The Kier molecular flexibility index (Phi) is 3.22. The third-order valence-electron chi connectivity index (χ3n) is 3.31. The van der Waals surface area contributed by atoms with E-state index in [1.165, 1.54) is 11.7 Å². The third kappa shape index (κ3) is 2.52. The van der Waals surface area contributed by atoms with E-state index in [-0.39, 0.29) is 11.4 Å². The Morgan fingerprint density at radius 2 is 2.00 bits per heavy atom. The van der Waals surface area contributed by atoms with Crippen LogP contribution in [0.15, 0.2) is 30.7 Å². The van der Waals surface area contributed by atoms with Gasteiger partial charge in [0.05, 0.1) is 11.1 Å². The molecule has 2 aromatic heterocycles. The van der Waals surface area contributed by atoms with Gasteiger partial charge in [0.1, 0.15) is 0 Å². The number of carbonyl (C=O) groups excluding carboxylic acids is 1. The van der Waals surface area contributed by atoms with Crippen LogP contribution in [0.2, 0.25) is 0 Å². The molecular weight excluding hydrogens is 277 g/mol. The summed E-state index contributed by atoms with van der Waals surface area (Å²) >= 11 is 0. The van der Waals surface area contributed by atoms with Crippen molar-refractivity contribution >= 4 is 11.7 Å². The van der Waals surface area contributed by atoms with E-state index < -0.39 is 17.3 Å². The van der Waals surface area contributed by atoms with Crippen molar-refractivity contribution in [2.24, 2.45) is 0 Å². The van der Waals surface area contributed by atoms with Crippen molar-refractivity contribution in [1.82, 2.24) is 20.4 Å². The van der Waals surface area contributed by atoms with Gasteiger partial charge in [-0.25, -0.2) is 24.8 Å². The highest BCUT2D eigenvalue weighted by molar-refractivity contribution is 5.93. The largest absolute Gasteiger partial charge is 0.355 e. The Labute approximate surface area is 119 Å². The first kappa shape index (κ1) is 13.4. The summed E-state index contributed by atoms with van der Waals surface area (Å²) in [4.78, 5) is 23.4. The van der Waals surface area contributed by atoms with Gasteiger partial charge in [0.2, 0.25) is 0 Å². The second kappa shape index (κ2) is 5.06. The minimum atomic E-state index is -0.819. The zero-order valence-corrected chi connectivity index (χ0v) is 10.9. The molecule has 0 radical (unpaired) electrons. The summed E-state index contributed by atoms with van der Waals surface area (Å²) < 4.78 is 14.0. The standard InChI is InChI=1S/C13H12FN5O2/c14-9-6-8(11(20)19-21)7-17-10(9)18-13(2-3-13)12-15-4-1-5-16-12/h1,4-7,21H,2-3H2,(H,17,18)(H,19,20). The monoisotopic (exact) mass is 289 g/mol. The van der Waals surface area contributed by atoms with Crippen LogP contribution in [0, 0.1) is 5.82 Å². The van der Waals surface area contributed by atoms with Crippen LogP contribution in [-0.4, -0.2) is 26.1 Å². The highest BCUT2D eigenvalue weighted by atomic mass is 19.1. The molecule has 0 unspecified atom stereocenters. The predicted octanol–water partition coefficient (Wildman–Crippen LogP) is 1.23. The van der Waals surface area contributed by atoms with Crippen molar-refractivity contribution in [2.75, 3.05) is 5.32 Å². The summed E-state index contributed by atoms with van der Waals surface area (Å²) in [6.07, 6.45) is 5.98. The maximum absolute atomic E-state index is 14.0. The van der Waals surface area contributed by atoms with E-state index in [1.54, 1.807) is 18.5 Å². The third-order valence-corrected chi connectivity index (χ3v) is 3.31. The van der Waals surface area contributed by atoms with E-state index >= 15 is 0 Å². The first-order valence-electron chi connectivity index (χ1n) is 6.30. The Morgan fingerprint density at radius 1 is 1.29 bits per heavy atom. The molecule has 3 rings (SSSR count). The SMILES string of the molecule is O=C(NO)c1cnc(NC2(c3ncccn3)CC2)c(F)c1. The van der Waals surface area contributed by atoms with Crippen LogP contribution in [0.3, 0.4) is 0 Å². The van der Waals surface area contributed by atoms with Crippen molar-refractivity contribution in [2.45, 2.75) is 18.4 Å². The Morgan fingerprint density at radius 3 is 2.57 bits per heavy atom. The molecule has 1 aliphatic carbocycles. The van der Waals surface area contributed by atoms with Gasteiger partial charge in [0.15, 0.2) is 17.5 Å². The van der Waals surface area contributed by atoms with E-state index in [0.29, 0.717) is 5.82 Å². The molecule has 108 valence electrons. The molecule has 1 aliphatic rings. The molecule has 1 amide bonds. The summed E-state index contributed by atoms with van der Waals surface area (Å²) in [6, 6.07) is 2.71. The molecule has 1 fully saturated rings. The number of halogens is 1. The molecule has 8 heteroatoms. The van der Waals surface area contributed by atoms with Crippen LogP contribution in [-0.2, 0) is 5.54 Å². The summed E-state index contributed by atoms with van der Waals surface area (Å²) in [7, 11) is 0.